The number of hydrogen-bond acceptors (Lipinski definition) is 8. The molecule has 10 heteroatoms. The summed E-state index contributed by atoms with van der Waals surface area (Å²) in [5.74, 6) is 2.81. The van der Waals surface area contributed by atoms with Crippen LogP contribution in [0.3, 0.4) is 0 Å². The lowest BCUT2D eigenvalue weighted by atomic mass is 9.80. The molecule has 3 atom stereocenters. The van der Waals surface area contributed by atoms with Gasteiger partial charge < -0.3 is 25.0 Å². The number of rotatable bonds is 7. The van der Waals surface area contributed by atoms with E-state index in [0.29, 0.717) is 47.1 Å². The number of carbonyl (C=O) groups excluding carboxylic acids is 1. The molecule has 3 aliphatic rings. The van der Waals surface area contributed by atoms with Gasteiger partial charge in [0, 0.05) is 43.2 Å². The lowest BCUT2D eigenvalue weighted by molar-refractivity contribution is -0.145. The number of H-pyrrole nitrogens is 1. The first-order valence-electron chi connectivity index (χ1n) is 12.5. The largest absolute Gasteiger partial charge is 0.481 e. The zero-order valence-electron chi connectivity index (χ0n) is 20.0. The maximum atomic E-state index is 13.3. The molecule has 1 saturated carbocycles. The van der Waals surface area contributed by atoms with Gasteiger partial charge in [-0.25, -0.2) is 0 Å². The SMILES string of the molecule is COc1cc(Nc2cc(CO)[nH]n2)nc(N(C)C2C[C@H]3CCC[C@@H](C2)N3C(=O)C2CCCC2)n1. The molecule has 1 unspecified atom stereocenters. The van der Waals surface area contributed by atoms with Crippen LogP contribution in [0.15, 0.2) is 12.1 Å². The van der Waals surface area contributed by atoms with E-state index in [2.05, 4.69) is 30.3 Å². The molecule has 3 fully saturated rings. The van der Waals surface area contributed by atoms with Crippen LogP contribution in [0.1, 0.15) is 63.5 Å². The first-order valence-corrected chi connectivity index (χ1v) is 12.5. The normalized spacial score (nSPS) is 24.8. The van der Waals surface area contributed by atoms with Gasteiger partial charge in [-0.1, -0.05) is 12.8 Å². The zero-order valence-corrected chi connectivity index (χ0v) is 20.0. The molecule has 0 spiro atoms. The van der Waals surface area contributed by atoms with Gasteiger partial charge in [-0.2, -0.15) is 15.1 Å². The van der Waals surface area contributed by atoms with Gasteiger partial charge in [-0.15, -0.1) is 0 Å². The summed E-state index contributed by atoms with van der Waals surface area (Å²) in [6.07, 6.45) is 9.73. The summed E-state index contributed by atoms with van der Waals surface area (Å²) in [4.78, 5) is 27.1. The smallest absolute Gasteiger partial charge is 0.230 e. The van der Waals surface area contributed by atoms with E-state index in [-0.39, 0.29) is 18.6 Å². The first kappa shape index (κ1) is 22.9. The Morgan fingerprint density at radius 3 is 2.53 bits per heavy atom. The van der Waals surface area contributed by atoms with Crippen molar-refractivity contribution in [3.63, 3.8) is 0 Å². The second-order valence-electron chi connectivity index (χ2n) is 9.86. The van der Waals surface area contributed by atoms with Crippen LogP contribution >= 0.6 is 0 Å². The van der Waals surface area contributed by atoms with E-state index in [1.807, 2.05) is 7.05 Å². The minimum atomic E-state index is -0.111. The number of aromatic amines is 1. The number of aliphatic hydroxyl groups excluding tert-OH is 1. The van der Waals surface area contributed by atoms with Crippen molar-refractivity contribution < 1.29 is 14.6 Å². The molecule has 34 heavy (non-hydrogen) atoms. The maximum Gasteiger partial charge on any atom is 0.230 e. The number of nitrogens with one attached hydrogen (secondary N) is 2. The molecule has 184 valence electrons. The Bertz CT molecular complexity index is 992. The van der Waals surface area contributed by atoms with Crippen LogP contribution in [0, 0.1) is 5.92 Å². The van der Waals surface area contributed by atoms with E-state index < -0.39 is 0 Å². The molecule has 10 nitrogen and oxygen atoms in total. The summed E-state index contributed by atoms with van der Waals surface area (Å²) in [5, 5.41) is 19.3. The van der Waals surface area contributed by atoms with Gasteiger partial charge in [-0.05, 0) is 44.9 Å². The predicted molar refractivity (Wildman–Crippen MR) is 128 cm³/mol. The third-order valence-corrected chi connectivity index (χ3v) is 7.73. The van der Waals surface area contributed by atoms with Crippen LogP contribution in [0.5, 0.6) is 5.88 Å². The molecule has 1 amide bonds. The van der Waals surface area contributed by atoms with E-state index in [9.17, 15) is 9.90 Å². The van der Waals surface area contributed by atoms with E-state index in [1.165, 1.54) is 19.3 Å². The minimum absolute atomic E-state index is 0.111. The van der Waals surface area contributed by atoms with Crippen LogP contribution in [-0.4, -0.2) is 68.4 Å². The Morgan fingerprint density at radius 1 is 1.15 bits per heavy atom. The van der Waals surface area contributed by atoms with E-state index in [0.717, 1.165) is 38.5 Å². The number of fused-ring (bicyclic) bond motifs is 2. The number of hydrogen-bond donors (Lipinski definition) is 3. The van der Waals surface area contributed by atoms with Crippen LogP contribution in [0.2, 0.25) is 0 Å². The van der Waals surface area contributed by atoms with Gasteiger partial charge in [0.25, 0.3) is 0 Å². The summed E-state index contributed by atoms with van der Waals surface area (Å²) in [7, 11) is 3.62. The fourth-order valence-corrected chi connectivity index (χ4v) is 5.95. The molecule has 2 aromatic heterocycles. The second kappa shape index (κ2) is 9.77. The molecule has 0 radical (unpaired) electrons. The Kier molecular flexibility index (Phi) is 6.58. The minimum Gasteiger partial charge on any atom is -0.481 e. The highest BCUT2D eigenvalue weighted by Crippen LogP contribution is 2.39. The molecule has 0 aromatic carbocycles. The van der Waals surface area contributed by atoms with Crippen LogP contribution < -0.4 is 15.0 Å². The van der Waals surface area contributed by atoms with Gasteiger partial charge >= 0.3 is 0 Å². The van der Waals surface area contributed by atoms with Crippen molar-refractivity contribution in [3.8, 4) is 5.88 Å². The Hall–Kier alpha value is -2.88. The van der Waals surface area contributed by atoms with Crippen LogP contribution in [0.25, 0.3) is 0 Å². The van der Waals surface area contributed by atoms with Crippen molar-refractivity contribution in [3.05, 3.63) is 17.8 Å². The number of carbonyl (C=O) groups is 1. The summed E-state index contributed by atoms with van der Waals surface area (Å²) in [6, 6.07) is 4.32. The number of amides is 1. The number of nitrogens with zero attached hydrogens (tertiary/aromatic N) is 5. The lowest BCUT2D eigenvalue weighted by Crippen LogP contribution is -2.59. The lowest BCUT2D eigenvalue weighted by Gasteiger charge is -2.51. The van der Waals surface area contributed by atoms with Crippen molar-refractivity contribution in [2.45, 2.75) is 82.5 Å². The zero-order chi connectivity index (χ0) is 23.7. The second-order valence-corrected chi connectivity index (χ2v) is 9.86. The van der Waals surface area contributed by atoms with Crippen molar-refractivity contribution in [1.29, 1.82) is 0 Å². The first-order chi connectivity index (χ1) is 16.6. The van der Waals surface area contributed by atoms with E-state index in [4.69, 9.17) is 9.72 Å². The molecule has 1 aliphatic carbocycles. The van der Waals surface area contributed by atoms with Gasteiger partial charge in [0.15, 0.2) is 5.82 Å². The molecule has 2 aliphatic heterocycles. The highest BCUT2D eigenvalue weighted by atomic mass is 16.5. The topological polar surface area (TPSA) is 119 Å². The molecule has 2 bridgehead atoms. The van der Waals surface area contributed by atoms with Crippen LogP contribution in [-0.2, 0) is 11.4 Å². The molecule has 3 N–H and O–H groups in total. The highest BCUT2D eigenvalue weighted by Gasteiger charge is 2.44. The number of ether oxygens (including phenoxy) is 1. The molecule has 5 rings (SSSR count). The summed E-state index contributed by atoms with van der Waals surface area (Å²) in [6.45, 7) is -0.111. The van der Waals surface area contributed by atoms with Gasteiger partial charge in [0.2, 0.25) is 17.7 Å². The summed E-state index contributed by atoms with van der Waals surface area (Å²) in [5.41, 5.74) is 0.617. The predicted octanol–water partition coefficient (Wildman–Crippen LogP) is 2.98. The molecule has 2 aromatic rings. The third-order valence-electron chi connectivity index (χ3n) is 7.73. The summed E-state index contributed by atoms with van der Waals surface area (Å²) < 4.78 is 5.44. The number of aliphatic hydroxyl groups is 1. The number of anilines is 3. The van der Waals surface area contributed by atoms with Crippen molar-refractivity contribution in [1.82, 2.24) is 25.1 Å². The molecular formula is C24H35N7O3. The molecule has 2 saturated heterocycles. The Labute approximate surface area is 200 Å². The van der Waals surface area contributed by atoms with Crippen molar-refractivity contribution in [2.75, 3.05) is 24.4 Å². The molecule has 4 heterocycles. The summed E-state index contributed by atoms with van der Waals surface area (Å²) >= 11 is 0. The van der Waals surface area contributed by atoms with Crippen molar-refractivity contribution >= 4 is 23.5 Å². The molecular weight excluding hydrogens is 434 g/mol. The van der Waals surface area contributed by atoms with Crippen molar-refractivity contribution in [2.24, 2.45) is 5.92 Å². The fraction of sp³-hybridized carbons (Fsp3) is 0.667. The van der Waals surface area contributed by atoms with Gasteiger partial charge in [0.05, 0.1) is 19.4 Å². The quantitative estimate of drug-likeness (QED) is 0.566. The Morgan fingerprint density at radius 2 is 1.88 bits per heavy atom. The monoisotopic (exact) mass is 469 g/mol. The number of aromatic nitrogens is 4. The number of methoxy groups -OCH3 is 1. The Balaban J connectivity index is 1.33. The van der Waals surface area contributed by atoms with Gasteiger partial charge in [-0.3, -0.25) is 9.89 Å². The van der Waals surface area contributed by atoms with Gasteiger partial charge in [0.1, 0.15) is 5.82 Å². The van der Waals surface area contributed by atoms with E-state index in [1.54, 1.807) is 19.2 Å². The number of piperidine rings is 2. The maximum absolute atomic E-state index is 13.3. The fourth-order valence-electron chi connectivity index (χ4n) is 5.95. The third kappa shape index (κ3) is 4.55. The highest BCUT2D eigenvalue weighted by molar-refractivity contribution is 5.80. The standard InChI is InChI=1S/C24H35N7O3/c1-30(24-26-20(13-22(27-24)34-2)25-21-10-16(14-32)28-29-21)19-11-17-8-5-9-18(12-19)31(17)23(33)15-6-3-4-7-15/h10,13,15,17-19,32H,3-9,11-12,14H2,1-2H3,(H2,25,26,27,28,29)/t17-,18+,19?. The van der Waals surface area contributed by atoms with Crippen LogP contribution in [0.4, 0.5) is 17.6 Å². The van der Waals surface area contributed by atoms with E-state index >= 15 is 0 Å². The average Bonchev–Trinajstić information content (AvgIpc) is 3.54. The average molecular weight is 470 g/mol.